The molecule has 0 radical (unpaired) electrons. The van der Waals surface area contributed by atoms with Crippen LogP contribution in [0.3, 0.4) is 0 Å². The van der Waals surface area contributed by atoms with Crippen molar-refractivity contribution in [3.63, 3.8) is 0 Å². The van der Waals surface area contributed by atoms with E-state index in [1.165, 1.54) is 6.42 Å². The number of para-hydroxylation sites is 2. The Morgan fingerprint density at radius 2 is 1.68 bits per heavy atom. The summed E-state index contributed by atoms with van der Waals surface area (Å²) >= 11 is 0. The number of fused-ring (bicyclic) bond motifs is 1. The molecule has 37 heavy (non-hydrogen) atoms. The molecule has 0 saturated heterocycles. The minimum atomic E-state index is -0.388. The Morgan fingerprint density at radius 1 is 0.946 bits per heavy atom. The predicted molar refractivity (Wildman–Crippen MR) is 147 cm³/mol. The fraction of sp³-hybridized carbons (Fsp3) is 0.355. The first-order valence-electron chi connectivity index (χ1n) is 13.2. The quantitative estimate of drug-likeness (QED) is 0.293. The maximum absolute atomic E-state index is 14.2. The van der Waals surface area contributed by atoms with Gasteiger partial charge < -0.3 is 19.4 Å². The summed E-state index contributed by atoms with van der Waals surface area (Å²) in [6, 6.07) is 23.4. The van der Waals surface area contributed by atoms with Gasteiger partial charge in [0.25, 0.3) is 0 Å². The van der Waals surface area contributed by atoms with Crippen molar-refractivity contribution >= 4 is 16.9 Å². The number of ether oxygens (including phenoxy) is 2. The van der Waals surface area contributed by atoms with Crippen LogP contribution in [-0.2, 0) is 4.79 Å². The molecular formula is C31H35N3O3. The molecule has 1 aromatic heterocycles. The molecular weight excluding hydrogens is 462 g/mol. The van der Waals surface area contributed by atoms with E-state index in [0.717, 1.165) is 53.7 Å². The number of rotatable bonds is 8. The van der Waals surface area contributed by atoms with Gasteiger partial charge in [-0.3, -0.25) is 4.79 Å². The smallest absolute Gasteiger partial charge is 0.243 e. The average Bonchev–Trinajstić information content (AvgIpc) is 3.32. The summed E-state index contributed by atoms with van der Waals surface area (Å²) < 4.78 is 13.4. The molecule has 0 bridgehead atoms. The summed E-state index contributed by atoms with van der Waals surface area (Å²) in [6.45, 7) is 2.05. The average molecular weight is 498 g/mol. The van der Waals surface area contributed by atoms with Gasteiger partial charge in [-0.05, 0) is 55.5 Å². The van der Waals surface area contributed by atoms with Crippen LogP contribution in [0.25, 0.3) is 22.4 Å². The molecule has 3 aromatic carbocycles. The molecule has 1 heterocycles. The number of hydrogen-bond acceptors (Lipinski definition) is 4. The SMILES string of the molecule is COc1ccc(-c2nc3ccccc3n2C(C(=O)N[C@H](C)c2ccccc2)C2CCCCC2)c(OC)c1. The molecule has 6 nitrogen and oxygen atoms in total. The van der Waals surface area contributed by atoms with Crippen molar-refractivity contribution < 1.29 is 14.3 Å². The number of amides is 1. The molecule has 6 heteroatoms. The Kier molecular flexibility index (Phi) is 7.45. The van der Waals surface area contributed by atoms with Crippen LogP contribution in [0.1, 0.15) is 56.7 Å². The first-order valence-corrected chi connectivity index (χ1v) is 13.2. The zero-order chi connectivity index (χ0) is 25.8. The van der Waals surface area contributed by atoms with Crippen LogP contribution in [0.5, 0.6) is 11.5 Å². The molecule has 4 aromatic rings. The van der Waals surface area contributed by atoms with Gasteiger partial charge in [0.2, 0.25) is 5.91 Å². The fourth-order valence-electron chi connectivity index (χ4n) is 5.62. The number of methoxy groups -OCH3 is 2. The molecule has 192 valence electrons. The van der Waals surface area contributed by atoms with E-state index in [2.05, 4.69) is 28.1 Å². The van der Waals surface area contributed by atoms with Crippen molar-refractivity contribution in [2.75, 3.05) is 14.2 Å². The lowest BCUT2D eigenvalue weighted by molar-refractivity contribution is -0.126. The van der Waals surface area contributed by atoms with Crippen molar-refractivity contribution in [3.8, 4) is 22.9 Å². The number of nitrogens with zero attached hydrogens (tertiary/aromatic N) is 2. The molecule has 1 aliphatic carbocycles. The van der Waals surface area contributed by atoms with E-state index in [0.29, 0.717) is 11.5 Å². The highest BCUT2D eigenvalue weighted by Crippen LogP contribution is 2.41. The number of imidazole rings is 1. The maximum Gasteiger partial charge on any atom is 0.243 e. The first kappa shape index (κ1) is 24.9. The summed E-state index contributed by atoms with van der Waals surface area (Å²) in [5.74, 6) is 2.36. The van der Waals surface area contributed by atoms with Crippen LogP contribution < -0.4 is 14.8 Å². The third-order valence-electron chi connectivity index (χ3n) is 7.55. The highest BCUT2D eigenvalue weighted by atomic mass is 16.5. The number of benzene rings is 3. The predicted octanol–water partition coefficient (Wildman–Crippen LogP) is 6.72. The zero-order valence-electron chi connectivity index (χ0n) is 21.8. The second-order valence-electron chi connectivity index (χ2n) is 9.84. The largest absolute Gasteiger partial charge is 0.497 e. The Morgan fingerprint density at radius 3 is 2.41 bits per heavy atom. The molecule has 5 rings (SSSR count). The molecule has 1 fully saturated rings. The Balaban J connectivity index is 1.65. The van der Waals surface area contributed by atoms with Crippen molar-refractivity contribution in [1.29, 1.82) is 0 Å². The lowest BCUT2D eigenvalue weighted by Crippen LogP contribution is -2.39. The monoisotopic (exact) mass is 497 g/mol. The van der Waals surface area contributed by atoms with Crippen LogP contribution in [0, 0.1) is 5.92 Å². The third-order valence-corrected chi connectivity index (χ3v) is 7.55. The van der Waals surface area contributed by atoms with Crippen molar-refractivity contribution in [2.45, 2.75) is 51.1 Å². The van der Waals surface area contributed by atoms with Crippen molar-refractivity contribution in [3.05, 3.63) is 78.4 Å². The highest BCUT2D eigenvalue weighted by Gasteiger charge is 2.35. The molecule has 0 aliphatic heterocycles. The standard InChI is InChI=1S/C31H35N3O3/c1-21(22-12-6-4-7-13-22)32-31(35)29(23-14-8-5-9-15-23)34-27-17-11-10-16-26(27)33-30(34)25-19-18-24(36-2)20-28(25)37-3/h4,6-7,10-13,16-21,23,29H,5,8-9,14-15H2,1-3H3,(H,32,35)/t21-,29?/m1/s1. The van der Waals surface area contributed by atoms with E-state index in [9.17, 15) is 4.79 Å². The van der Waals surface area contributed by atoms with Gasteiger partial charge in [0.15, 0.2) is 0 Å². The fourth-order valence-corrected chi connectivity index (χ4v) is 5.62. The van der Waals surface area contributed by atoms with Gasteiger partial charge in [0, 0.05) is 6.07 Å². The molecule has 0 spiro atoms. The van der Waals surface area contributed by atoms with Crippen LogP contribution >= 0.6 is 0 Å². The Hall–Kier alpha value is -3.80. The number of nitrogens with one attached hydrogen (secondary N) is 1. The molecule has 1 unspecified atom stereocenters. The second kappa shape index (κ2) is 11.1. The first-order chi connectivity index (χ1) is 18.1. The highest BCUT2D eigenvalue weighted by molar-refractivity contribution is 5.88. The normalized spacial score (nSPS) is 15.8. The van der Waals surface area contributed by atoms with E-state index in [4.69, 9.17) is 14.5 Å². The van der Waals surface area contributed by atoms with Crippen molar-refractivity contribution in [2.24, 2.45) is 5.92 Å². The van der Waals surface area contributed by atoms with Gasteiger partial charge in [0.1, 0.15) is 23.4 Å². The number of carbonyl (C=O) groups is 1. The van der Waals surface area contributed by atoms with E-state index >= 15 is 0 Å². The van der Waals surface area contributed by atoms with Crippen LogP contribution in [0.2, 0.25) is 0 Å². The lowest BCUT2D eigenvalue weighted by atomic mass is 9.83. The van der Waals surface area contributed by atoms with Gasteiger partial charge >= 0.3 is 0 Å². The van der Waals surface area contributed by atoms with E-state index in [-0.39, 0.29) is 23.9 Å². The molecule has 1 aliphatic rings. The van der Waals surface area contributed by atoms with Crippen LogP contribution in [-0.4, -0.2) is 29.7 Å². The number of carbonyl (C=O) groups excluding carboxylic acids is 1. The van der Waals surface area contributed by atoms with E-state index in [1.54, 1.807) is 14.2 Å². The second-order valence-corrected chi connectivity index (χ2v) is 9.84. The van der Waals surface area contributed by atoms with Gasteiger partial charge in [-0.2, -0.15) is 0 Å². The minimum Gasteiger partial charge on any atom is -0.497 e. The summed E-state index contributed by atoms with van der Waals surface area (Å²) in [7, 11) is 3.29. The van der Waals surface area contributed by atoms with E-state index < -0.39 is 0 Å². The molecule has 1 amide bonds. The van der Waals surface area contributed by atoms with Crippen molar-refractivity contribution in [1.82, 2.24) is 14.9 Å². The van der Waals surface area contributed by atoms with Crippen LogP contribution in [0.4, 0.5) is 0 Å². The molecule has 2 atom stereocenters. The van der Waals surface area contributed by atoms with Gasteiger partial charge in [-0.1, -0.05) is 61.7 Å². The maximum atomic E-state index is 14.2. The van der Waals surface area contributed by atoms with Gasteiger partial charge in [-0.15, -0.1) is 0 Å². The molecule has 1 N–H and O–H groups in total. The summed E-state index contributed by atoms with van der Waals surface area (Å²) in [5.41, 5.74) is 3.74. The summed E-state index contributed by atoms with van der Waals surface area (Å²) in [5, 5.41) is 3.33. The molecule has 1 saturated carbocycles. The number of hydrogen-bond donors (Lipinski definition) is 1. The summed E-state index contributed by atoms with van der Waals surface area (Å²) in [4.78, 5) is 19.2. The lowest BCUT2D eigenvalue weighted by Gasteiger charge is -2.33. The van der Waals surface area contributed by atoms with E-state index in [1.807, 2.05) is 61.5 Å². The van der Waals surface area contributed by atoms with Crippen LogP contribution in [0.15, 0.2) is 72.8 Å². The number of aromatic nitrogens is 2. The summed E-state index contributed by atoms with van der Waals surface area (Å²) in [6.07, 6.45) is 5.52. The Bertz CT molecular complexity index is 1360. The third kappa shape index (κ3) is 5.06. The minimum absolute atomic E-state index is 0.0279. The Labute approximate surface area is 218 Å². The zero-order valence-corrected chi connectivity index (χ0v) is 21.8. The topological polar surface area (TPSA) is 65.4 Å². The van der Waals surface area contributed by atoms with Gasteiger partial charge in [0.05, 0.1) is 36.9 Å². The van der Waals surface area contributed by atoms with Gasteiger partial charge in [-0.25, -0.2) is 4.98 Å².